The summed E-state index contributed by atoms with van der Waals surface area (Å²) in [5.74, 6) is 0. The van der Waals surface area contributed by atoms with Gasteiger partial charge in [-0.3, -0.25) is 0 Å². The highest BCUT2D eigenvalue weighted by atomic mass is 79.9. The summed E-state index contributed by atoms with van der Waals surface area (Å²) in [5.41, 5.74) is 2.02. The number of rotatable bonds is 2. The first-order valence-electron chi connectivity index (χ1n) is 5.05. The zero-order valence-electron chi connectivity index (χ0n) is 8.75. The van der Waals surface area contributed by atoms with Crippen LogP contribution in [0.3, 0.4) is 0 Å². The van der Waals surface area contributed by atoms with Crippen molar-refractivity contribution >= 4 is 27.3 Å². The van der Waals surface area contributed by atoms with Crippen LogP contribution in [-0.4, -0.2) is 14.8 Å². The third-order valence-electron chi connectivity index (χ3n) is 2.33. The minimum absolute atomic E-state index is 0.868. The number of benzene rings is 1. The summed E-state index contributed by atoms with van der Waals surface area (Å²) in [6, 6.07) is 10.1. The molecule has 0 aliphatic carbocycles. The van der Waals surface area contributed by atoms with Crippen LogP contribution in [0.25, 0.3) is 16.4 Å². The van der Waals surface area contributed by atoms with E-state index in [1.54, 1.807) is 22.2 Å². The van der Waals surface area contributed by atoms with Crippen molar-refractivity contribution in [3.63, 3.8) is 0 Å². The van der Waals surface area contributed by atoms with Crippen LogP contribution in [0.15, 0.2) is 52.6 Å². The number of halogens is 1. The molecule has 0 fully saturated rings. The van der Waals surface area contributed by atoms with Crippen molar-refractivity contribution in [1.82, 2.24) is 14.8 Å². The van der Waals surface area contributed by atoms with Gasteiger partial charge in [-0.1, -0.05) is 30.3 Å². The number of hydrogen-bond acceptors (Lipinski definition) is 3. The second-order valence-corrected chi connectivity index (χ2v) is 5.18. The summed E-state index contributed by atoms with van der Waals surface area (Å²) in [6.45, 7) is 0. The molecule has 0 saturated heterocycles. The van der Waals surface area contributed by atoms with E-state index in [0.717, 1.165) is 20.9 Å². The Morgan fingerprint density at radius 1 is 1.18 bits per heavy atom. The van der Waals surface area contributed by atoms with Gasteiger partial charge >= 0.3 is 0 Å². The number of hydrogen-bond donors (Lipinski definition) is 0. The molecule has 0 bridgehead atoms. The fourth-order valence-electron chi connectivity index (χ4n) is 1.57. The third-order valence-corrected chi connectivity index (χ3v) is 3.67. The molecule has 0 saturated carbocycles. The molecule has 2 heterocycles. The Kier molecular flexibility index (Phi) is 2.78. The molecule has 1 aromatic carbocycles. The van der Waals surface area contributed by atoms with Crippen molar-refractivity contribution in [1.29, 1.82) is 0 Å². The molecule has 0 unspecified atom stereocenters. The van der Waals surface area contributed by atoms with Crippen molar-refractivity contribution in [2.45, 2.75) is 0 Å². The standard InChI is InChI=1S/C12H8BrN3S/c13-10-8-16(12-14-6-7-17-12)15-11(10)9-4-2-1-3-5-9/h1-8H. The third kappa shape index (κ3) is 2.03. The van der Waals surface area contributed by atoms with Crippen LogP contribution in [0.4, 0.5) is 0 Å². The molecule has 2 aromatic heterocycles. The Morgan fingerprint density at radius 3 is 2.71 bits per heavy atom. The Labute approximate surface area is 111 Å². The van der Waals surface area contributed by atoms with Gasteiger partial charge in [0.2, 0.25) is 5.13 Å². The maximum atomic E-state index is 4.54. The first-order valence-corrected chi connectivity index (χ1v) is 6.72. The SMILES string of the molecule is Brc1cn(-c2nccs2)nc1-c1ccccc1. The van der Waals surface area contributed by atoms with Crippen LogP contribution in [-0.2, 0) is 0 Å². The quantitative estimate of drug-likeness (QED) is 0.722. The van der Waals surface area contributed by atoms with Gasteiger partial charge in [0.25, 0.3) is 0 Å². The number of aromatic nitrogens is 3. The van der Waals surface area contributed by atoms with Crippen LogP contribution < -0.4 is 0 Å². The lowest BCUT2D eigenvalue weighted by molar-refractivity contribution is 0.873. The highest BCUT2D eigenvalue weighted by Gasteiger charge is 2.10. The molecule has 0 spiro atoms. The lowest BCUT2D eigenvalue weighted by atomic mass is 10.2. The van der Waals surface area contributed by atoms with Crippen LogP contribution in [0.5, 0.6) is 0 Å². The maximum Gasteiger partial charge on any atom is 0.210 e. The maximum absolute atomic E-state index is 4.54. The van der Waals surface area contributed by atoms with Crippen molar-refractivity contribution in [3.05, 3.63) is 52.6 Å². The molecule has 0 amide bonds. The first-order chi connectivity index (χ1) is 8.34. The lowest BCUT2D eigenvalue weighted by Crippen LogP contribution is -1.93. The molecule has 3 aromatic rings. The van der Waals surface area contributed by atoms with Gasteiger partial charge in [0.05, 0.1) is 4.47 Å². The highest BCUT2D eigenvalue weighted by molar-refractivity contribution is 9.10. The van der Waals surface area contributed by atoms with Crippen LogP contribution in [0.2, 0.25) is 0 Å². The Bertz CT molecular complexity index is 617. The van der Waals surface area contributed by atoms with E-state index >= 15 is 0 Å². The van der Waals surface area contributed by atoms with Gasteiger partial charge < -0.3 is 0 Å². The van der Waals surface area contributed by atoms with Gasteiger partial charge in [-0.15, -0.1) is 11.3 Å². The van der Waals surface area contributed by atoms with E-state index in [-0.39, 0.29) is 0 Å². The molecule has 0 atom stereocenters. The summed E-state index contributed by atoms with van der Waals surface area (Å²) in [4.78, 5) is 4.23. The predicted octanol–water partition coefficient (Wildman–Crippen LogP) is 3.76. The largest absolute Gasteiger partial charge is 0.227 e. The van der Waals surface area contributed by atoms with Gasteiger partial charge in [0, 0.05) is 23.3 Å². The minimum atomic E-state index is 0.868. The van der Waals surface area contributed by atoms with Crippen LogP contribution in [0.1, 0.15) is 0 Å². The highest BCUT2D eigenvalue weighted by Crippen LogP contribution is 2.27. The Hall–Kier alpha value is -1.46. The fraction of sp³-hybridized carbons (Fsp3) is 0. The monoisotopic (exact) mass is 305 g/mol. The molecule has 84 valence electrons. The van der Waals surface area contributed by atoms with Gasteiger partial charge in [0.15, 0.2) is 0 Å². The second kappa shape index (κ2) is 4.43. The molecule has 17 heavy (non-hydrogen) atoms. The molecule has 5 heteroatoms. The zero-order chi connectivity index (χ0) is 11.7. The van der Waals surface area contributed by atoms with Crippen molar-refractivity contribution < 1.29 is 0 Å². The topological polar surface area (TPSA) is 30.7 Å². The molecule has 0 aliphatic heterocycles. The van der Waals surface area contributed by atoms with Crippen molar-refractivity contribution in [2.75, 3.05) is 0 Å². The van der Waals surface area contributed by atoms with Gasteiger partial charge in [-0.05, 0) is 15.9 Å². The summed E-state index contributed by atoms with van der Waals surface area (Å²) in [7, 11) is 0. The van der Waals surface area contributed by atoms with E-state index < -0.39 is 0 Å². The summed E-state index contributed by atoms with van der Waals surface area (Å²) in [5, 5.41) is 7.35. The fourth-order valence-corrected chi connectivity index (χ4v) is 2.64. The molecule has 3 rings (SSSR count). The summed E-state index contributed by atoms with van der Waals surface area (Å²) >= 11 is 5.09. The Morgan fingerprint density at radius 2 is 2.00 bits per heavy atom. The van der Waals surface area contributed by atoms with Crippen LogP contribution in [0, 0.1) is 0 Å². The average molecular weight is 306 g/mol. The van der Waals surface area contributed by atoms with Gasteiger partial charge in [-0.25, -0.2) is 9.67 Å². The van der Waals surface area contributed by atoms with E-state index in [1.807, 2.05) is 41.9 Å². The molecule has 0 aliphatic rings. The molecular formula is C12H8BrN3S. The predicted molar refractivity (Wildman–Crippen MR) is 72.4 cm³/mol. The van der Waals surface area contributed by atoms with Gasteiger partial charge in [0.1, 0.15) is 5.69 Å². The van der Waals surface area contributed by atoms with Crippen molar-refractivity contribution in [3.8, 4) is 16.4 Å². The van der Waals surface area contributed by atoms with E-state index in [1.165, 1.54) is 0 Å². The zero-order valence-corrected chi connectivity index (χ0v) is 11.1. The molecular weight excluding hydrogens is 298 g/mol. The normalized spacial score (nSPS) is 10.6. The first kappa shape index (κ1) is 10.7. The van der Waals surface area contributed by atoms with E-state index in [0.29, 0.717) is 0 Å². The van der Waals surface area contributed by atoms with E-state index in [4.69, 9.17) is 0 Å². The average Bonchev–Trinajstić information content (AvgIpc) is 2.99. The van der Waals surface area contributed by atoms with E-state index in [9.17, 15) is 0 Å². The summed E-state index contributed by atoms with van der Waals surface area (Å²) < 4.78 is 2.76. The second-order valence-electron chi connectivity index (χ2n) is 3.45. The van der Waals surface area contributed by atoms with Crippen molar-refractivity contribution in [2.24, 2.45) is 0 Å². The molecule has 0 N–H and O–H groups in total. The lowest BCUT2D eigenvalue weighted by Gasteiger charge is -1.96. The minimum Gasteiger partial charge on any atom is -0.227 e. The summed E-state index contributed by atoms with van der Waals surface area (Å²) in [6.07, 6.45) is 3.71. The number of thiazole rings is 1. The molecule has 0 radical (unpaired) electrons. The Balaban J connectivity index is 2.08. The van der Waals surface area contributed by atoms with Gasteiger partial charge in [-0.2, -0.15) is 5.10 Å². The van der Waals surface area contributed by atoms with Crippen LogP contribution >= 0.6 is 27.3 Å². The number of nitrogens with zero attached hydrogens (tertiary/aromatic N) is 3. The van der Waals surface area contributed by atoms with E-state index in [2.05, 4.69) is 26.0 Å². The smallest absolute Gasteiger partial charge is 0.210 e. The molecule has 3 nitrogen and oxygen atoms in total.